The number of methoxy groups -OCH3 is 2. The van der Waals surface area contributed by atoms with Crippen molar-refractivity contribution in [2.45, 2.75) is 45.8 Å². The van der Waals surface area contributed by atoms with Gasteiger partial charge in [-0.05, 0) is 31.1 Å². The standard InChI is InChI=1S/C24H34ClN5O4/c1-12-13(2)17(8-16(12)11-31)28-23-20(22(25)29-24(30-23)26-6-7-32-4)18-9-15-10-19(33-5)27-14(3)21(15)34-18/h10,12-13,16-18,31H,6-9,11H2,1-5H3,(H2,26,28,29,30)/t12-,13+,16+,17+,18?/m0/s1. The number of pyridine rings is 1. The van der Waals surface area contributed by atoms with Crippen LogP contribution in [-0.2, 0) is 11.2 Å². The van der Waals surface area contributed by atoms with E-state index in [4.69, 9.17) is 30.8 Å². The lowest BCUT2D eigenvalue weighted by Crippen LogP contribution is -2.26. The quantitative estimate of drug-likeness (QED) is 0.357. The molecule has 0 amide bonds. The molecular formula is C24H34ClN5O4. The SMILES string of the molecule is COCCNc1nc(Cl)c(C2Cc3cc(OC)nc(C)c3O2)c(N[C@@H]2C[C@H](CO)[C@@H](C)[C@H]2C)n1. The normalized spacial score (nSPS) is 25.7. The van der Waals surface area contributed by atoms with Crippen LogP contribution in [-0.4, -0.2) is 60.1 Å². The van der Waals surface area contributed by atoms with Crippen LogP contribution in [0.25, 0.3) is 0 Å². The molecule has 1 aliphatic carbocycles. The van der Waals surface area contributed by atoms with Crippen LogP contribution < -0.4 is 20.1 Å². The molecule has 1 fully saturated rings. The third kappa shape index (κ3) is 4.87. The van der Waals surface area contributed by atoms with Gasteiger partial charge in [-0.25, -0.2) is 9.97 Å². The topological polar surface area (TPSA) is 111 Å². The second-order valence-electron chi connectivity index (χ2n) is 9.22. The van der Waals surface area contributed by atoms with Crippen LogP contribution in [0.5, 0.6) is 11.6 Å². The van der Waals surface area contributed by atoms with Gasteiger partial charge in [0.1, 0.15) is 22.8 Å². The van der Waals surface area contributed by atoms with Gasteiger partial charge < -0.3 is 30.0 Å². The molecular weight excluding hydrogens is 458 g/mol. The van der Waals surface area contributed by atoms with Gasteiger partial charge in [0.25, 0.3) is 0 Å². The molecule has 186 valence electrons. The number of halogens is 1. The summed E-state index contributed by atoms with van der Waals surface area (Å²) in [7, 11) is 3.25. The number of ether oxygens (including phenoxy) is 3. The molecule has 0 saturated heterocycles. The Morgan fingerprint density at radius 3 is 2.68 bits per heavy atom. The molecule has 34 heavy (non-hydrogen) atoms. The molecule has 3 N–H and O–H groups in total. The lowest BCUT2D eigenvalue weighted by molar-refractivity contribution is 0.191. The van der Waals surface area contributed by atoms with E-state index in [-0.39, 0.29) is 24.7 Å². The zero-order chi connectivity index (χ0) is 24.4. The molecule has 0 aromatic carbocycles. The molecule has 1 aliphatic heterocycles. The minimum absolute atomic E-state index is 0.149. The maximum atomic E-state index is 9.81. The fourth-order valence-corrected chi connectivity index (χ4v) is 5.29. The Balaban J connectivity index is 1.67. The highest BCUT2D eigenvalue weighted by Gasteiger charge is 2.39. The number of rotatable bonds is 9. The molecule has 10 heteroatoms. The molecule has 2 aromatic heterocycles. The molecule has 2 aliphatic rings. The van der Waals surface area contributed by atoms with Gasteiger partial charge in [-0.15, -0.1) is 0 Å². The molecule has 4 rings (SSSR count). The zero-order valence-electron chi connectivity index (χ0n) is 20.4. The van der Waals surface area contributed by atoms with E-state index >= 15 is 0 Å². The summed E-state index contributed by atoms with van der Waals surface area (Å²) < 4.78 is 16.8. The fraction of sp³-hybridized carbons (Fsp3) is 0.625. The van der Waals surface area contributed by atoms with Gasteiger partial charge in [-0.2, -0.15) is 4.98 Å². The van der Waals surface area contributed by atoms with Crippen molar-refractivity contribution in [2.75, 3.05) is 44.6 Å². The number of aromatic nitrogens is 3. The fourth-order valence-electron chi connectivity index (χ4n) is 5.00. The number of hydrogen-bond acceptors (Lipinski definition) is 9. The van der Waals surface area contributed by atoms with Gasteiger partial charge in [0.15, 0.2) is 0 Å². The summed E-state index contributed by atoms with van der Waals surface area (Å²) in [5.41, 5.74) is 2.51. The van der Waals surface area contributed by atoms with Crippen molar-refractivity contribution in [1.82, 2.24) is 15.0 Å². The molecule has 0 spiro atoms. The second-order valence-corrected chi connectivity index (χ2v) is 9.57. The van der Waals surface area contributed by atoms with Crippen LogP contribution in [0.4, 0.5) is 11.8 Å². The number of anilines is 2. The van der Waals surface area contributed by atoms with Crippen LogP contribution in [0.3, 0.4) is 0 Å². The third-order valence-electron chi connectivity index (χ3n) is 7.20. The summed E-state index contributed by atoms with van der Waals surface area (Å²) in [6.07, 6.45) is 1.12. The van der Waals surface area contributed by atoms with E-state index in [1.807, 2.05) is 13.0 Å². The molecule has 1 saturated carbocycles. The van der Waals surface area contributed by atoms with E-state index in [1.54, 1.807) is 14.2 Å². The number of nitrogens with one attached hydrogen (secondary N) is 2. The van der Waals surface area contributed by atoms with Crippen molar-refractivity contribution in [1.29, 1.82) is 0 Å². The number of hydrogen-bond donors (Lipinski definition) is 3. The first-order valence-electron chi connectivity index (χ1n) is 11.7. The van der Waals surface area contributed by atoms with Gasteiger partial charge in [0.2, 0.25) is 11.8 Å². The number of fused-ring (bicyclic) bond motifs is 1. The van der Waals surface area contributed by atoms with Crippen LogP contribution in [0.15, 0.2) is 6.07 Å². The molecule has 1 unspecified atom stereocenters. The van der Waals surface area contributed by atoms with Gasteiger partial charge in [-0.1, -0.05) is 25.4 Å². The van der Waals surface area contributed by atoms with Crippen molar-refractivity contribution < 1.29 is 19.3 Å². The zero-order valence-corrected chi connectivity index (χ0v) is 21.1. The number of aliphatic hydroxyl groups is 1. The van der Waals surface area contributed by atoms with E-state index in [2.05, 4.69) is 34.4 Å². The van der Waals surface area contributed by atoms with Crippen molar-refractivity contribution in [2.24, 2.45) is 17.8 Å². The van der Waals surface area contributed by atoms with Crippen LogP contribution in [0.2, 0.25) is 5.15 Å². The minimum Gasteiger partial charge on any atom is -0.483 e. The Kier molecular flexibility index (Phi) is 7.64. The van der Waals surface area contributed by atoms with Crippen LogP contribution in [0.1, 0.15) is 43.2 Å². The summed E-state index contributed by atoms with van der Waals surface area (Å²) in [5.74, 6) is 3.40. The Hall–Kier alpha value is -2.36. The molecule has 0 bridgehead atoms. The average Bonchev–Trinajstić information content (AvgIpc) is 3.35. The highest BCUT2D eigenvalue weighted by molar-refractivity contribution is 6.30. The highest BCUT2D eigenvalue weighted by Crippen LogP contribution is 2.45. The van der Waals surface area contributed by atoms with E-state index in [0.29, 0.717) is 54.2 Å². The van der Waals surface area contributed by atoms with E-state index < -0.39 is 0 Å². The largest absolute Gasteiger partial charge is 0.483 e. The van der Waals surface area contributed by atoms with E-state index in [9.17, 15) is 5.11 Å². The summed E-state index contributed by atoms with van der Waals surface area (Å²) in [5, 5.41) is 16.9. The molecule has 3 heterocycles. The number of nitrogens with zero attached hydrogens (tertiary/aromatic N) is 3. The van der Waals surface area contributed by atoms with Crippen molar-refractivity contribution in [3.05, 3.63) is 28.0 Å². The molecule has 0 radical (unpaired) electrons. The lowest BCUT2D eigenvalue weighted by Gasteiger charge is -2.24. The van der Waals surface area contributed by atoms with E-state index in [0.717, 1.165) is 29.0 Å². The van der Waals surface area contributed by atoms with Crippen LogP contribution >= 0.6 is 11.6 Å². The molecule has 5 atom stereocenters. The van der Waals surface area contributed by atoms with Crippen molar-refractivity contribution in [3.63, 3.8) is 0 Å². The molecule has 9 nitrogen and oxygen atoms in total. The first-order valence-corrected chi connectivity index (χ1v) is 12.1. The first-order chi connectivity index (χ1) is 16.4. The maximum absolute atomic E-state index is 9.81. The second kappa shape index (κ2) is 10.5. The Morgan fingerprint density at radius 2 is 2.00 bits per heavy atom. The summed E-state index contributed by atoms with van der Waals surface area (Å²) in [6, 6.07) is 2.05. The minimum atomic E-state index is -0.353. The Labute approximate surface area is 205 Å². The number of aryl methyl sites for hydroxylation is 1. The lowest BCUT2D eigenvalue weighted by atomic mass is 9.92. The molecule has 2 aromatic rings. The number of aliphatic hydroxyl groups excluding tert-OH is 1. The van der Waals surface area contributed by atoms with Crippen molar-refractivity contribution >= 4 is 23.4 Å². The van der Waals surface area contributed by atoms with Crippen LogP contribution in [0, 0.1) is 24.7 Å². The summed E-state index contributed by atoms with van der Waals surface area (Å²) in [4.78, 5) is 13.7. The maximum Gasteiger partial charge on any atom is 0.226 e. The van der Waals surface area contributed by atoms with E-state index in [1.165, 1.54) is 0 Å². The smallest absolute Gasteiger partial charge is 0.226 e. The Bertz CT molecular complexity index is 1020. The van der Waals surface area contributed by atoms with Crippen molar-refractivity contribution in [3.8, 4) is 11.6 Å². The van der Waals surface area contributed by atoms with Gasteiger partial charge in [0.05, 0.1) is 25.0 Å². The highest BCUT2D eigenvalue weighted by atomic mass is 35.5. The first kappa shape index (κ1) is 24.8. The summed E-state index contributed by atoms with van der Waals surface area (Å²) >= 11 is 6.75. The van der Waals surface area contributed by atoms with Gasteiger partial charge >= 0.3 is 0 Å². The predicted molar refractivity (Wildman–Crippen MR) is 131 cm³/mol. The monoisotopic (exact) mass is 491 g/mol. The average molecular weight is 492 g/mol. The van der Waals surface area contributed by atoms with Gasteiger partial charge in [-0.3, -0.25) is 0 Å². The van der Waals surface area contributed by atoms with Gasteiger partial charge in [0, 0.05) is 44.4 Å². The third-order valence-corrected chi connectivity index (χ3v) is 7.49. The Morgan fingerprint density at radius 1 is 1.21 bits per heavy atom. The summed E-state index contributed by atoms with van der Waals surface area (Å²) in [6.45, 7) is 7.57. The predicted octanol–water partition coefficient (Wildman–Crippen LogP) is 3.64.